The van der Waals surface area contributed by atoms with Gasteiger partial charge in [0.25, 0.3) is 15.9 Å². The fraction of sp³-hybridized carbons (Fsp3) is 0.143. The summed E-state index contributed by atoms with van der Waals surface area (Å²) < 4.78 is 33.3. The third kappa shape index (κ3) is 5.11. The number of carbonyl (C=O) groups is 1. The molecule has 0 fully saturated rings. The fourth-order valence-electron chi connectivity index (χ4n) is 2.68. The quantitative estimate of drug-likeness (QED) is 0.476. The van der Waals surface area contributed by atoms with Gasteiger partial charge in [-0.3, -0.25) is 9.52 Å². The Morgan fingerprint density at radius 3 is 2.52 bits per heavy atom. The summed E-state index contributed by atoms with van der Waals surface area (Å²) in [5, 5.41) is 3.83. The molecule has 0 saturated heterocycles. The Labute approximate surface area is 169 Å². The number of sulfonamides is 1. The van der Waals surface area contributed by atoms with E-state index in [2.05, 4.69) is 15.2 Å². The normalized spacial score (nSPS) is 11.6. The number of rotatable bonds is 6. The molecule has 2 N–H and O–H groups in total. The maximum absolute atomic E-state index is 12.7. The lowest BCUT2D eigenvalue weighted by molar-refractivity contribution is 0.0955. The zero-order valence-corrected chi connectivity index (χ0v) is 17.1. The van der Waals surface area contributed by atoms with E-state index in [-0.39, 0.29) is 10.5 Å². The van der Waals surface area contributed by atoms with Crippen LogP contribution in [0.1, 0.15) is 33.0 Å². The van der Waals surface area contributed by atoms with Crippen LogP contribution in [0, 0.1) is 20.8 Å². The number of hydrazone groups is 1. The lowest BCUT2D eigenvalue weighted by Gasteiger charge is -2.12. The van der Waals surface area contributed by atoms with E-state index in [0.717, 1.165) is 16.9 Å². The first kappa shape index (κ1) is 20.3. The van der Waals surface area contributed by atoms with Gasteiger partial charge in [0, 0.05) is 5.56 Å². The number of amides is 1. The van der Waals surface area contributed by atoms with Crippen LogP contribution in [-0.4, -0.2) is 20.5 Å². The van der Waals surface area contributed by atoms with E-state index in [1.54, 1.807) is 25.1 Å². The molecule has 7 nitrogen and oxygen atoms in total. The molecule has 0 radical (unpaired) electrons. The van der Waals surface area contributed by atoms with Crippen LogP contribution in [0.15, 0.2) is 69.0 Å². The Morgan fingerprint density at radius 2 is 1.83 bits per heavy atom. The maximum atomic E-state index is 12.7. The Bertz CT molecular complexity index is 1180. The zero-order valence-electron chi connectivity index (χ0n) is 16.3. The smallest absolute Gasteiger partial charge is 0.271 e. The first-order valence-corrected chi connectivity index (χ1v) is 10.3. The lowest BCUT2D eigenvalue weighted by atomic mass is 10.1. The van der Waals surface area contributed by atoms with Gasteiger partial charge in [0.2, 0.25) is 0 Å². The van der Waals surface area contributed by atoms with Crippen molar-refractivity contribution >= 4 is 27.8 Å². The predicted octanol–water partition coefficient (Wildman–Crippen LogP) is 3.77. The highest BCUT2D eigenvalue weighted by molar-refractivity contribution is 7.92. The van der Waals surface area contributed by atoms with Crippen LogP contribution in [0.4, 0.5) is 5.69 Å². The topological polar surface area (TPSA) is 101 Å². The van der Waals surface area contributed by atoms with Crippen LogP contribution in [0.2, 0.25) is 0 Å². The molecule has 3 aromatic rings. The minimum Gasteiger partial charge on any atom is -0.460 e. The van der Waals surface area contributed by atoms with Gasteiger partial charge in [-0.1, -0.05) is 23.8 Å². The molecule has 2 aromatic carbocycles. The number of anilines is 1. The van der Waals surface area contributed by atoms with Gasteiger partial charge in [-0.2, -0.15) is 5.10 Å². The van der Waals surface area contributed by atoms with E-state index in [9.17, 15) is 13.2 Å². The van der Waals surface area contributed by atoms with E-state index in [0.29, 0.717) is 11.4 Å². The highest BCUT2D eigenvalue weighted by Crippen LogP contribution is 2.21. The van der Waals surface area contributed by atoms with E-state index >= 15 is 0 Å². The number of hydrogen-bond acceptors (Lipinski definition) is 5. The molecule has 3 rings (SSSR count). The number of hydrogen-bond donors (Lipinski definition) is 2. The molecule has 0 bridgehead atoms. The van der Waals surface area contributed by atoms with Gasteiger partial charge in [0.15, 0.2) is 0 Å². The molecule has 0 saturated carbocycles. The molecule has 0 atom stereocenters. The molecule has 29 heavy (non-hydrogen) atoms. The van der Waals surface area contributed by atoms with Crippen molar-refractivity contribution in [3.63, 3.8) is 0 Å². The van der Waals surface area contributed by atoms with Gasteiger partial charge in [0.05, 0.1) is 16.8 Å². The van der Waals surface area contributed by atoms with Gasteiger partial charge in [-0.15, -0.1) is 0 Å². The summed E-state index contributed by atoms with van der Waals surface area (Å²) in [5.74, 6) is 0.692. The van der Waals surface area contributed by atoms with Gasteiger partial charge in [-0.05, 0) is 62.7 Å². The van der Waals surface area contributed by atoms with E-state index in [4.69, 9.17) is 4.42 Å². The summed E-state index contributed by atoms with van der Waals surface area (Å²) in [7, 11) is -3.85. The van der Waals surface area contributed by atoms with Crippen LogP contribution in [0.25, 0.3) is 0 Å². The molecule has 0 aliphatic heterocycles. The number of nitrogens with zero attached hydrogens (tertiary/aromatic N) is 1. The average molecular weight is 411 g/mol. The van der Waals surface area contributed by atoms with E-state index < -0.39 is 15.9 Å². The second kappa shape index (κ2) is 8.32. The Balaban J connectivity index is 1.75. The number of aryl methyl sites for hydroxylation is 3. The molecule has 0 spiro atoms. The Hall–Kier alpha value is -3.39. The fourth-order valence-corrected chi connectivity index (χ4v) is 3.85. The summed E-state index contributed by atoms with van der Waals surface area (Å²) in [6.07, 6.45) is 1.37. The van der Waals surface area contributed by atoms with Gasteiger partial charge in [-0.25, -0.2) is 13.8 Å². The van der Waals surface area contributed by atoms with Crippen LogP contribution in [0.3, 0.4) is 0 Å². The Kier molecular flexibility index (Phi) is 5.84. The highest BCUT2D eigenvalue weighted by Gasteiger charge is 2.17. The van der Waals surface area contributed by atoms with Crippen molar-refractivity contribution in [1.82, 2.24) is 5.43 Å². The molecule has 1 amide bonds. The number of carbonyl (C=O) groups excluding carboxylic acids is 1. The third-order valence-corrected chi connectivity index (χ3v) is 5.51. The number of nitrogens with one attached hydrogen (secondary N) is 2. The number of furan rings is 1. The van der Waals surface area contributed by atoms with Crippen molar-refractivity contribution in [1.29, 1.82) is 0 Å². The molecular formula is C21H21N3O4S. The van der Waals surface area contributed by atoms with Crippen LogP contribution < -0.4 is 10.1 Å². The maximum Gasteiger partial charge on any atom is 0.271 e. The second-order valence-corrected chi connectivity index (χ2v) is 8.28. The molecule has 8 heteroatoms. The summed E-state index contributed by atoms with van der Waals surface area (Å²) in [5.41, 5.74) is 4.86. The van der Waals surface area contributed by atoms with Crippen LogP contribution in [0.5, 0.6) is 0 Å². The molecule has 0 aliphatic rings. The van der Waals surface area contributed by atoms with Crippen molar-refractivity contribution in [2.45, 2.75) is 25.7 Å². The van der Waals surface area contributed by atoms with Gasteiger partial charge in [0.1, 0.15) is 11.5 Å². The SMILES string of the molecule is Cc1ccc(NS(=O)(=O)c2cccc(C(=O)N/N=C\c3ccc(C)o3)c2)c(C)c1. The summed E-state index contributed by atoms with van der Waals surface area (Å²) in [4.78, 5) is 12.3. The summed E-state index contributed by atoms with van der Waals surface area (Å²) >= 11 is 0. The van der Waals surface area contributed by atoms with Crippen molar-refractivity contribution in [2.24, 2.45) is 5.10 Å². The standard InChI is InChI=1S/C21H21N3O4S/c1-14-7-10-20(15(2)11-14)24-29(26,27)19-6-4-5-17(12-19)21(25)23-22-13-18-9-8-16(3)28-18/h4-13,24H,1-3H3,(H,23,25)/b22-13-. The van der Waals surface area contributed by atoms with Gasteiger partial charge < -0.3 is 4.42 Å². The van der Waals surface area contributed by atoms with Gasteiger partial charge >= 0.3 is 0 Å². The minimum atomic E-state index is -3.85. The predicted molar refractivity (Wildman–Crippen MR) is 112 cm³/mol. The Morgan fingerprint density at radius 1 is 1.03 bits per heavy atom. The van der Waals surface area contributed by atoms with E-state index in [1.165, 1.54) is 30.5 Å². The van der Waals surface area contributed by atoms with Crippen LogP contribution in [-0.2, 0) is 10.0 Å². The monoisotopic (exact) mass is 411 g/mol. The first-order valence-electron chi connectivity index (χ1n) is 8.84. The summed E-state index contributed by atoms with van der Waals surface area (Å²) in [6, 6.07) is 14.7. The largest absolute Gasteiger partial charge is 0.460 e. The molecule has 0 unspecified atom stereocenters. The van der Waals surface area contributed by atoms with E-state index in [1.807, 2.05) is 26.0 Å². The van der Waals surface area contributed by atoms with Crippen molar-refractivity contribution in [3.8, 4) is 0 Å². The van der Waals surface area contributed by atoms with Crippen molar-refractivity contribution < 1.29 is 17.6 Å². The third-order valence-electron chi connectivity index (χ3n) is 4.15. The molecule has 1 heterocycles. The molecular weight excluding hydrogens is 390 g/mol. The molecule has 1 aromatic heterocycles. The molecule has 150 valence electrons. The second-order valence-electron chi connectivity index (χ2n) is 6.60. The number of benzene rings is 2. The van der Waals surface area contributed by atoms with Crippen molar-refractivity contribution in [3.05, 3.63) is 82.8 Å². The minimum absolute atomic E-state index is 0.0178. The van der Waals surface area contributed by atoms with Crippen LogP contribution >= 0.6 is 0 Å². The van der Waals surface area contributed by atoms with Crippen molar-refractivity contribution in [2.75, 3.05) is 4.72 Å². The zero-order chi connectivity index (χ0) is 21.0. The summed E-state index contributed by atoms with van der Waals surface area (Å²) in [6.45, 7) is 5.56. The molecule has 0 aliphatic carbocycles. The lowest BCUT2D eigenvalue weighted by Crippen LogP contribution is -2.19. The highest BCUT2D eigenvalue weighted by atomic mass is 32.2. The average Bonchev–Trinajstić information content (AvgIpc) is 3.09. The first-order chi connectivity index (χ1) is 13.7.